The Hall–Kier alpha value is -1.92. The maximum absolute atomic E-state index is 12.6. The Labute approximate surface area is 564 Å². The minimum atomic E-state index is -0.846. The fraction of sp³-hybridized carbons (Fsp3) is 0.905. The van der Waals surface area contributed by atoms with Crippen molar-refractivity contribution in [3.05, 3.63) is 36.5 Å². The molecule has 0 aliphatic heterocycles. The van der Waals surface area contributed by atoms with E-state index in [1.54, 1.807) is 6.08 Å². The van der Waals surface area contributed by atoms with Gasteiger partial charge in [0, 0.05) is 12.8 Å². The fourth-order valence-corrected chi connectivity index (χ4v) is 13.1. The number of unbranched alkanes of at least 4 members (excludes halogenated alkanes) is 63. The van der Waals surface area contributed by atoms with E-state index in [-0.39, 0.29) is 18.5 Å². The molecule has 0 bridgehead atoms. The van der Waals surface area contributed by atoms with E-state index in [4.69, 9.17) is 4.74 Å². The van der Waals surface area contributed by atoms with Crippen LogP contribution in [0, 0.1) is 0 Å². The first-order valence-corrected chi connectivity index (χ1v) is 41.3. The Morgan fingerprint density at radius 1 is 0.300 bits per heavy atom. The van der Waals surface area contributed by atoms with Crippen molar-refractivity contribution in [2.24, 2.45) is 0 Å². The normalized spacial score (nSPS) is 12.6. The number of carbonyl (C=O) groups excluding carboxylic acids is 2. The van der Waals surface area contributed by atoms with Gasteiger partial charge in [-0.2, -0.15) is 0 Å². The van der Waals surface area contributed by atoms with Crippen LogP contribution in [-0.2, 0) is 14.3 Å². The highest BCUT2D eigenvalue weighted by molar-refractivity contribution is 5.76. The summed E-state index contributed by atoms with van der Waals surface area (Å²) in [5.74, 6) is -0.0464. The van der Waals surface area contributed by atoms with Crippen molar-refractivity contribution in [3.63, 3.8) is 0 Å². The molecule has 0 aromatic heterocycles. The van der Waals surface area contributed by atoms with E-state index in [0.717, 1.165) is 44.9 Å². The summed E-state index contributed by atoms with van der Waals surface area (Å²) in [5.41, 5.74) is 0. The standard InChI is InChI=1S/C84H161NO5/c1-3-5-7-9-11-13-15-17-19-21-23-24-25-32-35-38-41-44-48-52-56-60-64-68-72-76-82(87)81(80-86)85-83(88)77-73-69-65-61-57-53-49-45-42-39-36-33-30-28-26-27-29-31-34-37-40-43-47-51-55-59-63-67-71-75-79-90-84(89)78-74-70-66-62-58-54-50-46-22-20-18-16-14-12-10-8-6-4-2/h20,22,27,29,72,76,81-82,86-87H,3-19,21,23-26,28,30-71,73-75,77-80H2,1-2H3,(H,85,88)/b22-20-,29-27-,76-72+. The van der Waals surface area contributed by atoms with Gasteiger partial charge in [0.1, 0.15) is 0 Å². The molecule has 6 heteroatoms. The van der Waals surface area contributed by atoms with Gasteiger partial charge < -0.3 is 20.3 Å². The van der Waals surface area contributed by atoms with Crippen molar-refractivity contribution < 1.29 is 24.5 Å². The molecule has 0 spiro atoms. The quantitative estimate of drug-likeness (QED) is 0.0320. The van der Waals surface area contributed by atoms with Crippen LogP contribution in [0.5, 0.6) is 0 Å². The second-order valence-electron chi connectivity index (χ2n) is 28.4. The zero-order chi connectivity index (χ0) is 64.9. The zero-order valence-corrected chi connectivity index (χ0v) is 61.1. The first-order valence-electron chi connectivity index (χ1n) is 41.3. The summed E-state index contributed by atoms with van der Waals surface area (Å²) in [6, 6.07) is -0.629. The van der Waals surface area contributed by atoms with Gasteiger partial charge in [-0.25, -0.2) is 0 Å². The molecule has 0 saturated heterocycles. The van der Waals surface area contributed by atoms with E-state index in [1.807, 2.05) is 6.08 Å². The second-order valence-corrected chi connectivity index (χ2v) is 28.4. The summed E-state index contributed by atoms with van der Waals surface area (Å²) in [6.45, 7) is 4.95. The van der Waals surface area contributed by atoms with Gasteiger partial charge in [0.2, 0.25) is 5.91 Å². The number of hydrogen-bond acceptors (Lipinski definition) is 5. The Morgan fingerprint density at radius 2 is 0.522 bits per heavy atom. The summed E-state index contributed by atoms with van der Waals surface area (Å²) < 4.78 is 5.51. The summed E-state index contributed by atoms with van der Waals surface area (Å²) in [5, 5.41) is 23.3. The number of hydrogen-bond donors (Lipinski definition) is 3. The van der Waals surface area contributed by atoms with E-state index in [1.165, 1.54) is 392 Å². The van der Waals surface area contributed by atoms with Crippen molar-refractivity contribution in [1.29, 1.82) is 0 Å². The molecule has 532 valence electrons. The van der Waals surface area contributed by atoms with Gasteiger partial charge in [0.15, 0.2) is 0 Å². The van der Waals surface area contributed by atoms with E-state index < -0.39 is 12.1 Å². The molecule has 0 aliphatic carbocycles. The SMILES string of the molecule is CCCCCCCCC/C=C\CCCCCCCCCC(=O)OCCCCCCCCCCCCCC/C=C\CCCCCCCCCCCCCCCCC(=O)NC(CO)C(O)/C=C/CCCCCCCCCCCCCCCCCCCCCCCCC. The first-order chi connectivity index (χ1) is 44.5. The summed E-state index contributed by atoms with van der Waals surface area (Å²) in [6.07, 6.45) is 104. The maximum atomic E-state index is 12.6. The van der Waals surface area contributed by atoms with Gasteiger partial charge in [0.25, 0.3) is 0 Å². The van der Waals surface area contributed by atoms with Crippen molar-refractivity contribution in [3.8, 4) is 0 Å². The minimum Gasteiger partial charge on any atom is -0.466 e. The summed E-state index contributed by atoms with van der Waals surface area (Å²) >= 11 is 0. The number of allylic oxidation sites excluding steroid dienone is 5. The van der Waals surface area contributed by atoms with Crippen molar-refractivity contribution in [2.45, 2.75) is 475 Å². The molecule has 2 atom stereocenters. The highest BCUT2D eigenvalue weighted by Crippen LogP contribution is 2.20. The van der Waals surface area contributed by atoms with Crippen molar-refractivity contribution >= 4 is 11.9 Å². The maximum Gasteiger partial charge on any atom is 0.305 e. The number of esters is 1. The van der Waals surface area contributed by atoms with Crippen LogP contribution in [0.2, 0.25) is 0 Å². The van der Waals surface area contributed by atoms with Crippen molar-refractivity contribution in [1.82, 2.24) is 5.32 Å². The smallest absolute Gasteiger partial charge is 0.305 e. The van der Waals surface area contributed by atoms with Crippen LogP contribution in [0.25, 0.3) is 0 Å². The molecule has 3 N–H and O–H groups in total. The molecule has 0 saturated carbocycles. The third kappa shape index (κ3) is 75.1. The van der Waals surface area contributed by atoms with Crippen LogP contribution in [0.4, 0.5) is 0 Å². The summed E-state index contributed by atoms with van der Waals surface area (Å²) in [4.78, 5) is 24.7. The van der Waals surface area contributed by atoms with Gasteiger partial charge in [-0.3, -0.25) is 9.59 Å². The predicted molar refractivity (Wildman–Crippen MR) is 398 cm³/mol. The Morgan fingerprint density at radius 3 is 0.789 bits per heavy atom. The number of nitrogens with one attached hydrogen (secondary N) is 1. The Bertz CT molecular complexity index is 1460. The highest BCUT2D eigenvalue weighted by atomic mass is 16.5. The van der Waals surface area contributed by atoms with Gasteiger partial charge in [-0.15, -0.1) is 0 Å². The molecule has 1 amide bonds. The number of ether oxygens (including phenoxy) is 1. The first kappa shape index (κ1) is 88.1. The van der Waals surface area contributed by atoms with E-state index in [9.17, 15) is 19.8 Å². The molecule has 0 rings (SSSR count). The van der Waals surface area contributed by atoms with Crippen LogP contribution in [0.15, 0.2) is 36.5 Å². The zero-order valence-electron chi connectivity index (χ0n) is 61.1. The fourth-order valence-electron chi connectivity index (χ4n) is 13.1. The van der Waals surface area contributed by atoms with Gasteiger partial charge >= 0.3 is 5.97 Å². The Balaban J connectivity index is 3.38. The van der Waals surface area contributed by atoms with Gasteiger partial charge in [0.05, 0.1) is 25.4 Å². The van der Waals surface area contributed by atoms with Crippen LogP contribution in [0.1, 0.15) is 463 Å². The average molecular weight is 1270 g/mol. The van der Waals surface area contributed by atoms with Crippen LogP contribution in [-0.4, -0.2) is 47.4 Å². The topological polar surface area (TPSA) is 95.9 Å². The largest absolute Gasteiger partial charge is 0.466 e. The van der Waals surface area contributed by atoms with Gasteiger partial charge in [-0.05, 0) is 83.5 Å². The summed E-state index contributed by atoms with van der Waals surface area (Å²) in [7, 11) is 0. The molecule has 90 heavy (non-hydrogen) atoms. The van der Waals surface area contributed by atoms with Crippen LogP contribution < -0.4 is 5.32 Å². The minimum absolute atomic E-state index is 0.0149. The molecule has 0 aliphatic rings. The molecular formula is C84H161NO5. The third-order valence-electron chi connectivity index (χ3n) is 19.4. The number of carbonyl (C=O) groups is 2. The van der Waals surface area contributed by atoms with E-state index in [2.05, 4.69) is 43.5 Å². The number of rotatable bonds is 78. The third-order valence-corrected chi connectivity index (χ3v) is 19.4. The number of aliphatic hydroxyl groups excluding tert-OH is 2. The van der Waals surface area contributed by atoms with E-state index >= 15 is 0 Å². The number of aliphatic hydroxyl groups is 2. The molecule has 2 unspecified atom stereocenters. The molecule has 0 fully saturated rings. The lowest BCUT2D eigenvalue weighted by molar-refractivity contribution is -0.143. The van der Waals surface area contributed by atoms with E-state index in [0.29, 0.717) is 19.4 Å². The lowest BCUT2D eigenvalue weighted by Crippen LogP contribution is -2.45. The lowest BCUT2D eigenvalue weighted by atomic mass is 10.0. The Kier molecular flexibility index (Phi) is 77.8. The van der Waals surface area contributed by atoms with Crippen molar-refractivity contribution in [2.75, 3.05) is 13.2 Å². The molecule has 0 heterocycles. The lowest BCUT2D eigenvalue weighted by Gasteiger charge is -2.20. The molecule has 0 aromatic rings. The van der Waals surface area contributed by atoms with Crippen LogP contribution in [0.3, 0.4) is 0 Å². The molecule has 0 radical (unpaired) electrons. The highest BCUT2D eigenvalue weighted by Gasteiger charge is 2.18. The second kappa shape index (κ2) is 79.5. The predicted octanol–water partition coefficient (Wildman–Crippen LogP) is 27.4. The van der Waals surface area contributed by atoms with Crippen LogP contribution >= 0.6 is 0 Å². The monoisotopic (exact) mass is 1260 g/mol. The molecule has 0 aromatic carbocycles. The average Bonchev–Trinajstić information content (AvgIpc) is 3.60. The molecular weight excluding hydrogens is 1100 g/mol. The van der Waals surface area contributed by atoms with Gasteiger partial charge in [-0.1, -0.05) is 403 Å². The number of amides is 1. The molecule has 6 nitrogen and oxygen atoms in total.